The number of rotatable bonds is 4. The second-order valence-corrected chi connectivity index (χ2v) is 5.95. The maximum atomic E-state index is 13.1. The Labute approximate surface area is 155 Å². The first-order chi connectivity index (χ1) is 12.9. The Morgan fingerprint density at radius 2 is 1.30 bits per heavy atom. The molecule has 0 saturated carbocycles. The molecule has 1 fully saturated rings. The summed E-state index contributed by atoms with van der Waals surface area (Å²) in [6.07, 6.45) is 2.97. The average molecular weight is 372 g/mol. The first-order valence-electron chi connectivity index (χ1n) is 8.40. The van der Waals surface area contributed by atoms with Gasteiger partial charge in [-0.3, -0.25) is 4.79 Å². The van der Waals surface area contributed by atoms with E-state index in [4.69, 9.17) is 14.2 Å². The molecule has 1 heterocycles. The summed E-state index contributed by atoms with van der Waals surface area (Å²) in [7, 11) is 0. The molecule has 1 aliphatic heterocycles. The van der Waals surface area contributed by atoms with Gasteiger partial charge in [0.15, 0.2) is 11.5 Å². The van der Waals surface area contributed by atoms with E-state index in [0.29, 0.717) is 17.7 Å². The second-order valence-electron chi connectivity index (χ2n) is 5.95. The second kappa shape index (κ2) is 7.72. The Morgan fingerprint density at radius 1 is 0.889 bits per heavy atom. The predicted molar refractivity (Wildman–Crippen MR) is 96.0 cm³/mol. The molecule has 0 atom stereocenters. The van der Waals surface area contributed by atoms with Gasteiger partial charge >= 0.3 is 5.97 Å². The third-order valence-electron chi connectivity index (χ3n) is 3.78. The number of ketones is 1. The number of carbonyl (C=O) groups is 1. The van der Waals surface area contributed by atoms with Crippen molar-refractivity contribution in [2.45, 2.75) is 19.8 Å². The van der Waals surface area contributed by atoms with E-state index >= 15 is 0 Å². The lowest BCUT2D eigenvalue weighted by Gasteiger charge is -2.35. The van der Waals surface area contributed by atoms with E-state index in [1.165, 1.54) is 60.7 Å². The normalized spacial score (nSPS) is 22.6. The van der Waals surface area contributed by atoms with Crippen LogP contribution < -0.4 is 0 Å². The molecule has 3 rings (SSSR count). The number of benzene rings is 2. The largest absolute Gasteiger partial charge is 0.426 e. The van der Waals surface area contributed by atoms with Crippen LogP contribution >= 0.6 is 0 Å². The Hall–Kier alpha value is -2.99. The molecule has 2 aromatic carbocycles. The van der Waals surface area contributed by atoms with Crippen LogP contribution in [-0.2, 0) is 19.0 Å². The summed E-state index contributed by atoms with van der Waals surface area (Å²) in [5.74, 6) is -2.77. The molecule has 27 heavy (non-hydrogen) atoms. The maximum Gasteiger partial charge on any atom is 0.368 e. The molecule has 0 N–H and O–H groups in total. The van der Waals surface area contributed by atoms with Crippen molar-refractivity contribution in [3.05, 3.63) is 82.8 Å². The maximum absolute atomic E-state index is 13.1. The number of hydrogen-bond acceptors (Lipinski definition) is 4. The lowest BCUT2D eigenvalue weighted by atomic mass is 10.1. The van der Waals surface area contributed by atoms with Gasteiger partial charge in [0, 0.05) is 6.92 Å². The van der Waals surface area contributed by atoms with Gasteiger partial charge in [-0.1, -0.05) is 24.3 Å². The minimum absolute atomic E-state index is 0.00262. The van der Waals surface area contributed by atoms with E-state index in [1.807, 2.05) is 0 Å². The zero-order valence-electron chi connectivity index (χ0n) is 14.9. The molecular weight excluding hydrogens is 354 g/mol. The van der Waals surface area contributed by atoms with Gasteiger partial charge in [0.05, 0.1) is 6.61 Å². The van der Waals surface area contributed by atoms with E-state index in [-0.39, 0.29) is 23.2 Å². The first kappa shape index (κ1) is 18.8. The van der Waals surface area contributed by atoms with Gasteiger partial charge < -0.3 is 14.2 Å². The quantitative estimate of drug-likeness (QED) is 0.732. The molecule has 0 spiro atoms. The van der Waals surface area contributed by atoms with Crippen molar-refractivity contribution in [1.29, 1.82) is 0 Å². The summed E-state index contributed by atoms with van der Waals surface area (Å²) in [5.41, 5.74) is 1.17. The van der Waals surface area contributed by atoms with Crippen molar-refractivity contribution >= 4 is 17.9 Å². The lowest BCUT2D eigenvalue weighted by Crippen LogP contribution is -2.42. The smallest absolute Gasteiger partial charge is 0.368 e. The highest BCUT2D eigenvalue weighted by molar-refractivity contribution is 6.11. The van der Waals surface area contributed by atoms with E-state index in [2.05, 4.69) is 0 Å². The van der Waals surface area contributed by atoms with Crippen LogP contribution in [0, 0.1) is 11.6 Å². The van der Waals surface area contributed by atoms with Crippen molar-refractivity contribution in [1.82, 2.24) is 0 Å². The fourth-order valence-corrected chi connectivity index (χ4v) is 2.57. The summed E-state index contributed by atoms with van der Waals surface area (Å²) in [5, 5.41) is 0. The molecule has 4 nitrogen and oxygen atoms in total. The molecule has 0 aromatic heterocycles. The average Bonchev–Trinajstić information content (AvgIpc) is 2.63. The molecule has 1 aliphatic rings. The Bertz CT molecular complexity index is 816. The highest BCUT2D eigenvalue weighted by Gasteiger charge is 2.41. The number of hydrogen-bond donors (Lipinski definition) is 0. The SMILES string of the molecule is CCOC1(C)OC(=Cc2ccc(F)cc2)C(=O)C(=Cc2ccc(F)cc2)O1. The Balaban J connectivity index is 1.99. The minimum Gasteiger partial charge on any atom is -0.426 e. The molecule has 0 radical (unpaired) electrons. The molecule has 140 valence electrons. The molecule has 0 unspecified atom stereocenters. The van der Waals surface area contributed by atoms with E-state index < -0.39 is 11.8 Å². The summed E-state index contributed by atoms with van der Waals surface area (Å²) < 4.78 is 42.9. The zero-order valence-corrected chi connectivity index (χ0v) is 14.9. The van der Waals surface area contributed by atoms with Crippen molar-refractivity contribution in [2.24, 2.45) is 0 Å². The molecule has 2 aromatic rings. The Morgan fingerprint density at radius 3 is 1.67 bits per heavy atom. The molecule has 0 aliphatic carbocycles. The summed E-state index contributed by atoms with van der Waals surface area (Å²) in [6.45, 7) is 3.60. The third-order valence-corrected chi connectivity index (χ3v) is 3.78. The van der Waals surface area contributed by atoms with Crippen LogP contribution in [0.4, 0.5) is 8.78 Å². The Kier molecular flexibility index (Phi) is 5.37. The molecule has 6 heteroatoms. The van der Waals surface area contributed by atoms with Crippen molar-refractivity contribution in [3.8, 4) is 0 Å². The lowest BCUT2D eigenvalue weighted by molar-refractivity contribution is -0.343. The fraction of sp³-hybridized carbons (Fsp3) is 0.190. The highest BCUT2D eigenvalue weighted by atomic mass is 19.1. The van der Waals surface area contributed by atoms with Crippen LogP contribution in [0.3, 0.4) is 0 Å². The number of carbonyl (C=O) groups excluding carboxylic acids is 1. The van der Waals surface area contributed by atoms with Gasteiger partial charge in [0.1, 0.15) is 11.6 Å². The van der Waals surface area contributed by atoms with Gasteiger partial charge in [-0.2, -0.15) is 0 Å². The van der Waals surface area contributed by atoms with Crippen LogP contribution in [0.1, 0.15) is 25.0 Å². The van der Waals surface area contributed by atoms with Gasteiger partial charge in [-0.05, 0) is 54.5 Å². The summed E-state index contributed by atoms with van der Waals surface area (Å²) in [4.78, 5) is 12.8. The summed E-state index contributed by atoms with van der Waals surface area (Å²) in [6, 6.07) is 11.2. The van der Waals surface area contributed by atoms with E-state index in [0.717, 1.165) is 0 Å². The van der Waals surface area contributed by atoms with Crippen molar-refractivity contribution in [2.75, 3.05) is 6.61 Å². The highest BCUT2D eigenvalue weighted by Crippen LogP contribution is 2.32. The van der Waals surface area contributed by atoms with E-state index in [9.17, 15) is 13.6 Å². The van der Waals surface area contributed by atoms with Crippen LogP contribution in [-0.4, -0.2) is 18.4 Å². The van der Waals surface area contributed by atoms with Crippen LogP contribution in [0.15, 0.2) is 60.0 Å². The standard InChI is InChI=1S/C21H18F2O4/c1-3-25-21(2)26-18(12-14-4-8-16(22)9-5-14)20(24)19(27-21)13-15-6-10-17(23)11-7-15/h4-13H,3H2,1-2H3. The van der Waals surface area contributed by atoms with Crippen molar-refractivity contribution < 1.29 is 27.8 Å². The molecule has 0 bridgehead atoms. The number of ether oxygens (including phenoxy) is 3. The van der Waals surface area contributed by atoms with Gasteiger partial charge in [-0.15, -0.1) is 0 Å². The summed E-state index contributed by atoms with van der Waals surface area (Å²) >= 11 is 0. The third kappa shape index (κ3) is 4.60. The van der Waals surface area contributed by atoms with Crippen LogP contribution in [0.25, 0.3) is 12.2 Å². The zero-order chi connectivity index (χ0) is 19.4. The molecule has 1 saturated heterocycles. The molecular formula is C21H18F2O4. The predicted octanol–water partition coefficient (Wildman–Crippen LogP) is 4.67. The topological polar surface area (TPSA) is 44.8 Å². The monoisotopic (exact) mass is 372 g/mol. The number of Topliss-reactive ketones (excluding diaryl/α,β-unsaturated/α-hetero) is 1. The minimum atomic E-state index is -1.50. The van der Waals surface area contributed by atoms with Gasteiger partial charge in [-0.25, -0.2) is 8.78 Å². The van der Waals surface area contributed by atoms with Crippen LogP contribution in [0.2, 0.25) is 0 Å². The van der Waals surface area contributed by atoms with Gasteiger partial charge in [0.25, 0.3) is 5.78 Å². The first-order valence-corrected chi connectivity index (χ1v) is 8.40. The van der Waals surface area contributed by atoms with E-state index in [1.54, 1.807) is 13.8 Å². The molecule has 0 amide bonds. The van der Waals surface area contributed by atoms with Crippen molar-refractivity contribution in [3.63, 3.8) is 0 Å². The van der Waals surface area contributed by atoms with Crippen LogP contribution in [0.5, 0.6) is 0 Å². The van der Waals surface area contributed by atoms with Gasteiger partial charge in [0.2, 0.25) is 0 Å². The number of halogens is 2. The fourth-order valence-electron chi connectivity index (χ4n) is 2.57.